The zero-order valence-corrected chi connectivity index (χ0v) is 11.8. The molecule has 4 nitrogen and oxygen atoms in total. The number of hydrogen-bond donors (Lipinski definition) is 2. The summed E-state index contributed by atoms with van der Waals surface area (Å²) in [4.78, 5) is 2.32. The summed E-state index contributed by atoms with van der Waals surface area (Å²) in [6.07, 6.45) is 3.30. The summed E-state index contributed by atoms with van der Waals surface area (Å²) >= 11 is 0. The minimum Gasteiger partial charge on any atom is -0.409 e. The molecule has 0 aliphatic carbocycles. The highest BCUT2D eigenvalue weighted by Crippen LogP contribution is 2.21. The van der Waals surface area contributed by atoms with E-state index in [1.807, 2.05) is 0 Å². The van der Waals surface area contributed by atoms with Crippen molar-refractivity contribution in [1.82, 2.24) is 4.90 Å². The molecule has 1 aromatic rings. The van der Waals surface area contributed by atoms with Crippen molar-refractivity contribution in [1.29, 1.82) is 0 Å². The molecule has 19 heavy (non-hydrogen) atoms. The number of benzene rings is 1. The Labute approximate surface area is 114 Å². The SMILES string of the molecule is Cc1ccc(C)c(CN2CCCCC2C(N)=NO)c1. The van der Waals surface area contributed by atoms with E-state index in [0.717, 1.165) is 25.9 Å². The number of likely N-dealkylation sites (tertiary alicyclic amines) is 1. The third kappa shape index (κ3) is 3.26. The van der Waals surface area contributed by atoms with Crippen molar-refractivity contribution in [3.8, 4) is 0 Å². The molecule has 1 saturated heterocycles. The zero-order chi connectivity index (χ0) is 13.8. The molecule has 1 aromatic carbocycles. The van der Waals surface area contributed by atoms with Crippen molar-refractivity contribution in [3.63, 3.8) is 0 Å². The second-order valence-corrected chi connectivity index (χ2v) is 5.44. The van der Waals surface area contributed by atoms with E-state index < -0.39 is 0 Å². The van der Waals surface area contributed by atoms with Crippen molar-refractivity contribution in [3.05, 3.63) is 34.9 Å². The number of oxime groups is 1. The third-order valence-corrected chi connectivity index (χ3v) is 3.95. The Balaban J connectivity index is 2.17. The lowest BCUT2D eigenvalue weighted by atomic mass is 9.98. The van der Waals surface area contributed by atoms with Crippen LogP contribution in [0.1, 0.15) is 36.0 Å². The van der Waals surface area contributed by atoms with Gasteiger partial charge in [-0.05, 0) is 44.4 Å². The minimum atomic E-state index is 0.0682. The van der Waals surface area contributed by atoms with E-state index in [2.05, 4.69) is 42.1 Å². The molecule has 0 bridgehead atoms. The molecule has 0 spiro atoms. The molecule has 104 valence electrons. The van der Waals surface area contributed by atoms with Gasteiger partial charge in [0.15, 0.2) is 5.84 Å². The Kier molecular flexibility index (Phi) is 4.43. The van der Waals surface area contributed by atoms with Crippen LogP contribution in [0, 0.1) is 13.8 Å². The van der Waals surface area contributed by atoms with Gasteiger partial charge < -0.3 is 10.9 Å². The summed E-state index contributed by atoms with van der Waals surface area (Å²) in [7, 11) is 0. The maximum atomic E-state index is 8.91. The number of amidine groups is 1. The van der Waals surface area contributed by atoms with Crippen molar-refractivity contribution in [2.24, 2.45) is 10.9 Å². The molecule has 3 N–H and O–H groups in total. The third-order valence-electron chi connectivity index (χ3n) is 3.95. The Bertz CT molecular complexity index is 470. The number of rotatable bonds is 3. The summed E-state index contributed by atoms with van der Waals surface area (Å²) < 4.78 is 0. The van der Waals surface area contributed by atoms with Gasteiger partial charge in [0.2, 0.25) is 0 Å². The summed E-state index contributed by atoms with van der Waals surface area (Å²) in [6, 6.07) is 6.59. The van der Waals surface area contributed by atoms with E-state index >= 15 is 0 Å². The molecule has 1 aliphatic rings. The first kappa shape index (κ1) is 13.9. The standard InChI is InChI=1S/C15H23N3O/c1-11-6-7-12(2)13(9-11)10-18-8-4-3-5-14(18)15(16)17-19/h6-7,9,14,19H,3-5,8,10H2,1-2H3,(H2,16,17). The lowest BCUT2D eigenvalue weighted by Crippen LogP contribution is -2.47. The second-order valence-electron chi connectivity index (χ2n) is 5.44. The number of aryl methyl sites for hydroxylation is 2. The Morgan fingerprint density at radius 2 is 2.21 bits per heavy atom. The quantitative estimate of drug-likeness (QED) is 0.380. The Hall–Kier alpha value is -1.55. The van der Waals surface area contributed by atoms with Crippen LogP contribution in [0.3, 0.4) is 0 Å². The van der Waals surface area contributed by atoms with E-state index in [9.17, 15) is 0 Å². The molecule has 1 unspecified atom stereocenters. The van der Waals surface area contributed by atoms with Crippen molar-refractivity contribution in [2.45, 2.75) is 45.7 Å². The summed E-state index contributed by atoms with van der Waals surface area (Å²) in [5.74, 6) is 0.338. The molecule has 2 rings (SSSR count). The van der Waals surface area contributed by atoms with Crippen molar-refractivity contribution < 1.29 is 5.21 Å². The number of nitrogens with zero attached hydrogens (tertiary/aromatic N) is 2. The van der Waals surface area contributed by atoms with Gasteiger partial charge in [0, 0.05) is 6.54 Å². The number of hydrogen-bond acceptors (Lipinski definition) is 3. The van der Waals surface area contributed by atoms with Gasteiger partial charge in [-0.2, -0.15) is 0 Å². The van der Waals surface area contributed by atoms with Crippen LogP contribution in [0.4, 0.5) is 0 Å². The van der Waals surface area contributed by atoms with E-state index in [0.29, 0.717) is 5.84 Å². The van der Waals surface area contributed by atoms with Gasteiger partial charge in [0.05, 0.1) is 6.04 Å². The molecule has 1 atom stereocenters. The Morgan fingerprint density at radius 1 is 1.42 bits per heavy atom. The average molecular weight is 261 g/mol. The maximum Gasteiger partial charge on any atom is 0.156 e. The highest BCUT2D eigenvalue weighted by atomic mass is 16.4. The van der Waals surface area contributed by atoms with Gasteiger partial charge in [-0.1, -0.05) is 35.3 Å². The molecule has 0 radical (unpaired) electrons. The van der Waals surface area contributed by atoms with Gasteiger partial charge in [0.1, 0.15) is 0 Å². The second kappa shape index (κ2) is 6.06. The van der Waals surface area contributed by atoms with E-state index in [1.54, 1.807) is 0 Å². The summed E-state index contributed by atoms with van der Waals surface area (Å²) in [5.41, 5.74) is 9.73. The largest absolute Gasteiger partial charge is 0.409 e. The van der Waals surface area contributed by atoms with Crippen LogP contribution < -0.4 is 5.73 Å². The predicted octanol–water partition coefficient (Wildman–Crippen LogP) is 2.40. The lowest BCUT2D eigenvalue weighted by molar-refractivity contribution is 0.178. The molecule has 4 heteroatoms. The molecule has 1 aliphatic heterocycles. The first-order valence-electron chi connectivity index (χ1n) is 6.89. The van der Waals surface area contributed by atoms with Crippen LogP contribution in [0.15, 0.2) is 23.4 Å². The molecule has 1 fully saturated rings. The highest BCUT2D eigenvalue weighted by Gasteiger charge is 2.26. The maximum absolute atomic E-state index is 8.91. The van der Waals surface area contributed by atoms with Gasteiger partial charge in [-0.15, -0.1) is 0 Å². The van der Waals surface area contributed by atoms with Crippen molar-refractivity contribution >= 4 is 5.84 Å². The smallest absolute Gasteiger partial charge is 0.156 e. The molecule has 1 heterocycles. The van der Waals surface area contributed by atoms with Crippen LogP contribution in [0.25, 0.3) is 0 Å². The van der Waals surface area contributed by atoms with Crippen LogP contribution in [-0.4, -0.2) is 28.5 Å². The summed E-state index contributed by atoms with van der Waals surface area (Å²) in [5, 5.41) is 12.1. The van der Waals surface area contributed by atoms with Gasteiger partial charge in [-0.25, -0.2) is 0 Å². The molecule has 0 saturated carbocycles. The van der Waals surface area contributed by atoms with Gasteiger partial charge in [0.25, 0.3) is 0 Å². The monoisotopic (exact) mass is 261 g/mol. The minimum absolute atomic E-state index is 0.0682. The zero-order valence-electron chi connectivity index (χ0n) is 11.8. The van der Waals surface area contributed by atoms with E-state index in [-0.39, 0.29) is 6.04 Å². The van der Waals surface area contributed by atoms with Crippen LogP contribution in [-0.2, 0) is 6.54 Å². The van der Waals surface area contributed by atoms with E-state index in [4.69, 9.17) is 10.9 Å². The van der Waals surface area contributed by atoms with E-state index in [1.165, 1.54) is 23.1 Å². The normalized spacial score (nSPS) is 21.6. The highest BCUT2D eigenvalue weighted by molar-refractivity contribution is 5.85. The molecule has 0 aromatic heterocycles. The fourth-order valence-corrected chi connectivity index (χ4v) is 2.77. The molecular formula is C15H23N3O. The van der Waals surface area contributed by atoms with Crippen molar-refractivity contribution in [2.75, 3.05) is 6.54 Å². The first-order valence-corrected chi connectivity index (χ1v) is 6.89. The van der Waals surface area contributed by atoms with Gasteiger partial charge in [-0.3, -0.25) is 4.90 Å². The fraction of sp³-hybridized carbons (Fsp3) is 0.533. The average Bonchev–Trinajstić information content (AvgIpc) is 2.42. The van der Waals surface area contributed by atoms with Crippen LogP contribution >= 0.6 is 0 Å². The molecular weight excluding hydrogens is 238 g/mol. The number of piperidine rings is 1. The topological polar surface area (TPSA) is 61.8 Å². The van der Waals surface area contributed by atoms with Gasteiger partial charge >= 0.3 is 0 Å². The summed E-state index contributed by atoms with van der Waals surface area (Å²) in [6.45, 7) is 6.13. The number of nitrogens with two attached hydrogens (primary N) is 1. The first-order chi connectivity index (χ1) is 9.11. The predicted molar refractivity (Wildman–Crippen MR) is 77.4 cm³/mol. The fourth-order valence-electron chi connectivity index (χ4n) is 2.77. The van der Waals surface area contributed by atoms with Crippen LogP contribution in [0.5, 0.6) is 0 Å². The molecule has 0 amide bonds. The lowest BCUT2D eigenvalue weighted by Gasteiger charge is -2.35. The van der Waals surface area contributed by atoms with Crippen LogP contribution in [0.2, 0.25) is 0 Å². The Morgan fingerprint density at radius 3 is 2.95 bits per heavy atom.